The molecule has 0 radical (unpaired) electrons. The maximum atomic E-state index is 14.6. The van der Waals surface area contributed by atoms with E-state index in [2.05, 4.69) is 26.3 Å². The number of halogens is 3. The number of hydrogen-bond acceptors (Lipinski definition) is 12. The summed E-state index contributed by atoms with van der Waals surface area (Å²) in [7, 11) is 4.62. The van der Waals surface area contributed by atoms with Crippen LogP contribution in [0.3, 0.4) is 0 Å². The summed E-state index contributed by atoms with van der Waals surface area (Å²) < 4.78 is 50.5. The van der Waals surface area contributed by atoms with Crippen LogP contribution in [0.4, 0.5) is 28.1 Å². The fraction of sp³-hybridized carbons (Fsp3) is 0.525. The first-order valence-corrected chi connectivity index (χ1v) is 29.4. The lowest BCUT2D eigenvalue weighted by molar-refractivity contribution is -0.183. The Bertz CT molecular complexity index is 2950. The van der Waals surface area contributed by atoms with Crippen molar-refractivity contribution in [1.82, 2.24) is 35.3 Å². The molecule has 3 aliphatic rings. The number of nitrogens with one attached hydrogen (secondary N) is 4. The monoisotopic (exact) mass is 1170 g/mol. The van der Waals surface area contributed by atoms with Gasteiger partial charge in [-0.25, -0.2) is 14.8 Å². The van der Waals surface area contributed by atoms with E-state index < -0.39 is 59.6 Å². The number of likely N-dealkylation sites (N-methyl/N-ethyl adjacent to an activating group) is 2. The van der Waals surface area contributed by atoms with Gasteiger partial charge in [-0.3, -0.25) is 33.7 Å². The fourth-order valence-corrected chi connectivity index (χ4v) is 11.6. The zero-order chi connectivity index (χ0) is 60.0. The van der Waals surface area contributed by atoms with Gasteiger partial charge in [-0.1, -0.05) is 97.3 Å². The minimum absolute atomic E-state index is 0.0201. The predicted molar refractivity (Wildman–Crippen MR) is 311 cm³/mol. The Hall–Kier alpha value is -7.36. The number of hydrogen-bond donors (Lipinski definition) is 4. The van der Waals surface area contributed by atoms with Crippen LogP contribution in [0.25, 0.3) is 17.3 Å². The smallest absolute Gasteiger partial charge is 0.410 e. The van der Waals surface area contributed by atoms with Crippen molar-refractivity contribution in [2.75, 3.05) is 44.9 Å². The summed E-state index contributed by atoms with van der Waals surface area (Å²) in [6.45, 7) is 7.54. The molecule has 7 rings (SSSR count). The van der Waals surface area contributed by atoms with Crippen molar-refractivity contribution < 1.29 is 56.2 Å². The number of carbonyl (C=O) groups excluding carboxylic acids is 7. The number of carbonyl (C=O) groups is 7. The van der Waals surface area contributed by atoms with Crippen LogP contribution in [0.15, 0.2) is 72.9 Å². The summed E-state index contributed by atoms with van der Waals surface area (Å²) in [5.74, 6) is -3.26. The lowest BCUT2D eigenvalue weighted by Crippen LogP contribution is -2.58. The van der Waals surface area contributed by atoms with Crippen LogP contribution in [-0.2, 0) is 41.7 Å². The highest BCUT2D eigenvalue weighted by Crippen LogP contribution is 2.41. The van der Waals surface area contributed by atoms with E-state index in [9.17, 15) is 46.7 Å². The Morgan fingerprint density at radius 3 is 2.27 bits per heavy atom. The summed E-state index contributed by atoms with van der Waals surface area (Å²) in [4.78, 5) is 109. The van der Waals surface area contributed by atoms with Crippen molar-refractivity contribution in [1.29, 1.82) is 0 Å². The van der Waals surface area contributed by atoms with Crippen molar-refractivity contribution in [2.45, 2.75) is 154 Å². The first-order chi connectivity index (χ1) is 39.5. The molecule has 2 aromatic heterocycles. The number of ether oxygens (including phenoxy) is 2. The van der Waals surface area contributed by atoms with Gasteiger partial charge in [-0.2, -0.15) is 13.2 Å². The molecule has 3 heterocycles. The van der Waals surface area contributed by atoms with E-state index >= 15 is 0 Å². The van der Waals surface area contributed by atoms with Crippen LogP contribution in [0.1, 0.15) is 138 Å². The molecule has 0 spiro atoms. The minimum atomic E-state index is -4.18. The highest BCUT2D eigenvalue weighted by molar-refractivity contribution is 7.20. The maximum Gasteiger partial charge on any atom is 0.410 e. The van der Waals surface area contributed by atoms with Crippen molar-refractivity contribution in [3.63, 3.8) is 0 Å². The first kappa shape index (κ1) is 63.2. The molecule has 0 bridgehead atoms. The standard InChI is InChI=1S/C61H78F3N9O9S/c1-38(72(6)59(80)82-60(2,3)4)53(76)68-52(43-21-12-9-13-22-43)57(79)73-32-15-23-47(73)55(78)70-56-51(42-19-10-8-11-20-42)69-58(83-56)67-49(74)24-16-31-71(5)50(75)34-40-17-14-18-41(33-40)36-66-54(77)46-35-44(48(81-7)37-65-46)28-25-39-26-29-45(30-27-39)61(62,63)64/h8,10-11,14,17-20,25,28,33,35,37-39,43,45,47,52H,9,12-13,15-16,21-24,26-27,29-32,34,36H2,1-7H3,(H,66,77)(H,68,76)(H,70,78)(H,67,69,74)/b28-25+/t38-,39?,45?,47-,52-/m0/s1. The normalized spacial score (nSPS) is 18.4. The maximum absolute atomic E-state index is 14.6. The molecule has 4 N–H and O–H groups in total. The molecule has 2 aliphatic carbocycles. The molecule has 3 atom stereocenters. The predicted octanol–water partition coefficient (Wildman–Crippen LogP) is 10.2. The van der Waals surface area contributed by atoms with Gasteiger partial charge in [0.2, 0.25) is 29.5 Å². The number of allylic oxidation sites excluding steroid dienone is 1. The summed E-state index contributed by atoms with van der Waals surface area (Å²) >= 11 is 1.09. The van der Waals surface area contributed by atoms with E-state index in [1.54, 1.807) is 62.8 Å². The fourth-order valence-electron chi connectivity index (χ4n) is 10.7. The van der Waals surface area contributed by atoms with Crippen LogP contribution in [0, 0.1) is 17.8 Å². The number of alkyl halides is 3. The molecule has 1 aliphatic heterocycles. The molecular weight excluding hydrogens is 1090 g/mol. The zero-order valence-electron chi connectivity index (χ0n) is 48.4. The van der Waals surface area contributed by atoms with Gasteiger partial charge in [0, 0.05) is 51.3 Å². The van der Waals surface area contributed by atoms with Gasteiger partial charge in [0.25, 0.3) is 5.91 Å². The van der Waals surface area contributed by atoms with Crippen molar-refractivity contribution in [3.05, 3.63) is 95.3 Å². The SMILES string of the molecule is COc1cnc(C(=O)NCc2cccc(CC(=O)N(C)CCCC(=O)Nc3nc(-c4ccccc4)c(NC(=O)[C@@H]4CCCN4C(=O)[C@@H](NC(=O)[C@H](C)N(C)C(=O)OC(C)(C)C)C4CCCCC4)s3)c2)cc1/C=C/C1CCC(C(F)(F)F)CC1. The topological polar surface area (TPSA) is 222 Å². The van der Waals surface area contributed by atoms with E-state index in [1.807, 2.05) is 54.6 Å². The minimum Gasteiger partial charge on any atom is -0.495 e. The van der Waals surface area contributed by atoms with Gasteiger partial charge in [0.05, 0.1) is 25.6 Å². The summed E-state index contributed by atoms with van der Waals surface area (Å²) in [5, 5.41) is 12.4. The van der Waals surface area contributed by atoms with Gasteiger partial charge >= 0.3 is 12.3 Å². The van der Waals surface area contributed by atoms with E-state index in [-0.39, 0.29) is 79.2 Å². The van der Waals surface area contributed by atoms with Gasteiger partial charge in [-0.05, 0) is 115 Å². The third-order valence-corrected chi connectivity index (χ3v) is 16.5. The summed E-state index contributed by atoms with van der Waals surface area (Å²) in [6, 6.07) is 15.3. The largest absolute Gasteiger partial charge is 0.495 e. The lowest BCUT2D eigenvalue weighted by atomic mass is 9.81. The first-order valence-electron chi connectivity index (χ1n) is 28.6. The van der Waals surface area contributed by atoms with Crippen molar-refractivity contribution in [2.24, 2.45) is 17.8 Å². The Balaban J connectivity index is 0.906. The van der Waals surface area contributed by atoms with Gasteiger partial charge in [-0.15, -0.1) is 0 Å². The lowest BCUT2D eigenvalue weighted by Gasteiger charge is -2.36. The quantitative estimate of drug-likeness (QED) is 0.0615. The number of amides is 7. The number of nitrogens with zero attached hydrogens (tertiary/aromatic N) is 5. The molecule has 3 fully saturated rings. The van der Waals surface area contributed by atoms with Crippen molar-refractivity contribution in [3.8, 4) is 17.0 Å². The molecule has 83 heavy (non-hydrogen) atoms. The number of rotatable bonds is 21. The second-order valence-electron chi connectivity index (χ2n) is 22.9. The molecular formula is C61H78F3N9O9S. The van der Waals surface area contributed by atoms with Gasteiger partial charge in [0.1, 0.15) is 45.9 Å². The highest BCUT2D eigenvalue weighted by atomic mass is 32.1. The van der Waals surface area contributed by atoms with E-state index in [0.717, 1.165) is 54.6 Å². The van der Waals surface area contributed by atoms with Gasteiger partial charge < -0.3 is 40.5 Å². The number of likely N-dealkylation sites (tertiary alicyclic amines) is 1. The molecule has 2 aromatic carbocycles. The third-order valence-electron chi connectivity index (χ3n) is 15.6. The van der Waals surface area contributed by atoms with E-state index in [1.165, 1.54) is 25.3 Å². The van der Waals surface area contributed by atoms with E-state index in [4.69, 9.17) is 14.5 Å². The number of methoxy groups -OCH3 is 1. The molecule has 0 unspecified atom stereocenters. The number of aromatic nitrogens is 2. The molecule has 448 valence electrons. The molecule has 22 heteroatoms. The third kappa shape index (κ3) is 17.8. The number of pyridine rings is 1. The Morgan fingerprint density at radius 2 is 1.58 bits per heavy atom. The molecule has 2 saturated carbocycles. The van der Waals surface area contributed by atoms with E-state index in [0.29, 0.717) is 66.2 Å². The Labute approximate surface area is 487 Å². The average Bonchev–Trinajstić information content (AvgIpc) is 4.16. The average molecular weight is 1170 g/mol. The molecule has 1 saturated heterocycles. The summed E-state index contributed by atoms with van der Waals surface area (Å²) in [6.07, 6.45) is 6.95. The second-order valence-corrected chi connectivity index (χ2v) is 23.9. The van der Waals surface area contributed by atoms with Crippen LogP contribution < -0.4 is 26.0 Å². The number of benzene rings is 2. The summed E-state index contributed by atoms with van der Waals surface area (Å²) in [5.41, 5.74) is 2.55. The number of anilines is 2. The van der Waals surface area contributed by atoms with Crippen LogP contribution in [0.5, 0.6) is 5.75 Å². The van der Waals surface area contributed by atoms with Crippen molar-refractivity contribution >= 4 is 69.1 Å². The molecule has 7 amide bonds. The Kier molecular flexibility index (Phi) is 21.9. The zero-order valence-corrected chi connectivity index (χ0v) is 49.3. The number of thiazole rings is 1. The highest BCUT2D eigenvalue weighted by Gasteiger charge is 2.43. The van der Waals surface area contributed by atoms with Crippen LogP contribution in [0.2, 0.25) is 0 Å². The molecule has 4 aromatic rings. The van der Waals surface area contributed by atoms with Crippen LogP contribution >= 0.6 is 11.3 Å². The van der Waals surface area contributed by atoms with Gasteiger partial charge in [0.15, 0.2) is 5.13 Å². The Morgan fingerprint density at radius 1 is 0.867 bits per heavy atom. The second kappa shape index (κ2) is 28.8. The van der Waals surface area contributed by atoms with Crippen LogP contribution in [-0.4, -0.2) is 130 Å². The molecule has 18 nitrogen and oxygen atoms in total.